The minimum Gasteiger partial charge on any atom is -0.313 e. The molecule has 0 fully saturated rings. The van der Waals surface area contributed by atoms with Gasteiger partial charge in [0.15, 0.2) is 0 Å². The molecule has 0 bridgehead atoms. The first-order valence-electron chi connectivity index (χ1n) is 8.41. The van der Waals surface area contributed by atoms with E-state index in [4.69, 9.17) is 4.98 Å². The van der Waals surface area contributed by atoms with Gasteiger partial charge >= 0.3 is 0 Å². The summed E-state index contributed by atoms with van der Waals surface area (Å²) in [7, 11) is 2.21. The summed E-state index contributed by atoms with van der Waals surface area (Å²) in [6.45, 7) is 10.7. The molecule has 0 unspecified atom stereocenters. The topological polar surface area (TPSA) is 28.2 Å². The van der Waals surface area contributed by atoms with Gasteiger partial charge in [-0.05, 0) is 56.1 Å². The van der Waals surface area contributed by atoms with Crippen molar-refractivity contribution in [1.29, 1.82) is 0 Å². The largest absolute Gasteiger partial charge is 0.313 e. The molecule has 0 saturated carbocycles. The zero-order valence-electron chi connectivity index (χ0n) is 14.3. The summed E-state index contributed by atoms with van der Waals surface area (Å²) >= 11 is 0. The van der Waals surface area contributed by atoms with Gasteiger partial charge in [0, 0.05) is 37.1 Å². The summed E-state index contributed by atoms with van der Waals surface area (Å²) in [5.41, 5.74) is 8.09. The summed E-state index contributed by atoms with van der Waals surface area (Å²) in [6.07, 6.45) is 2.24. The Morgan fingerprint density at radius 1 is 1.27 bits per heavy atom. The van der Waals surface area contributed by atoms with Crippen LogP contribution in [0, 0.1) is 13.8 Å². The molecule has 0 amide bonds. The number of aromatic nitrogens is 1. The molecule has 0 spiro atoms. The molecule has 3 nitrogen and oxygen atoms in total. The van der Waals surface area contributed by atoms with Gasteiger partial charge in [-0.25, -0.2) is 0 Å². The van der Waals surface area contributed by atoms with Gasteiger partial charge in [-0.3, -0.25) is 4.98 Å². The molecule has 2 heterocycles. The highest BCUT2D eigenvalue weighted by Crippen LogP contribution is 2.30. The minimum atomic E-state index is 0.950. The lowest BCUT2D eigenvalue weighted by Gasteiger charge is -2.28. The fourth-order valence-corrected chi connectivity index (χ4v) is 3.36. The summed E-state index contributed by atoms with van der Waals surface area (Å²) < 4.78 is 0. The number of rotatable bonds is 4. The summed E-state index contributed by atoms with van der Waals surface area (Å²) in [6, 6.07) is 4.50. The monoisotopic (exact) mass is 297 g/mol. The van der Waals surface area contributed by atoms with Gasteiger partial charge < -0.3 is 10.2 Å². The van der Waals surface area contributed by atoms with Crippen LogP contribution in [0.15, 0.2) is 12.1 Å². The Labute approximate surface area is 133 Å². The second-order valence-electron chi connectivity index (χ2n) is 6.58. The van der Waals surface area contributed by atoms with E-state index in [-0.39, 0.29) is 0 Å². The van der Waals surface area contributed by atoms with Crippen LogP contribution in [-0.4, -0.2) is 30.0 Å². The van der Waals surface area contributed by atoms with Crippen LogP contribution in [0.4, 0.5) is 0 Å². The van der Waals surface area contributed by atoms with Crippen molar-refractivity contribution in [2.75, 3.05) is 20.1 Å². The van der Waals surface area contributed by atoms with E-state index < -0.39 is 0 Å². The maximum absolute atomic E-state index is 5.05. The quantitative estimate of drug-likeness (QED) is 0.877. The van der Waals surface area contributed by atoms with Crippen molar-refractivity contribution < 1.29 is 0 Å². The molecule has 3 rings (SSSR count). The van der Waals surface area contributed by atoms with E-state index >= 15 is 0 Å². The molecule has 1 aliphatic heterocycles. The van der Waals surface area contributed by atoms with Crippen molar-refractivity contribution >= 4 is 10.9 Å². The Bertz CT molecular complexity index is 691. The Morgan fingerprint density at radius 2 is 2.09 bits per heavy atom. The average Bonchev–Trinajstić information content (AvgIpc) is 2.51. The highest BCUT2D eigenvalue weighted by Gasteiger charge is 2.21. The molecule has 0 radical (unpaired) electrons. The number of pyridine rings is 1. The third kappa shape index (κ3) is 2.75. The first kappa shape index (κ1) is 15.4. The van der Waals surface area contributed by atoms with Crippen molar-refractivity contribution in [2.24, 2.45) is 0 Å². The van der Waals surface area contributed by atoms with Crippen LogP contribution >= 0.6 is 0 Å². The third-order valence-electron chi connectivity index (χ3n) is 4.87. The second-order valence-corrected chi connectivity index (χ2v) is 6.58. The fraction of sp³-hybridized carbons (Fsp3) is 0.526. The number of benzene rings is 1. The molecule has 3 heteroatoms. The molecule has 1 aromatic heterocycles. The van der Waals surface area contributed by atoms with Gasteiger partial charge in [0.2, 0.25) is 0 Å². The number of nitrogens with one attached hydrogen (secondary N) is 1. The predicted octanol–water partition coefficient (Wildman–Crippen LogP) is 3.34. The third-order valence-corrected chi connectivity index (χ3v) is 4.87. The molecule has 22 heavy (non-hydrogen) atoms. The normalized spacial score (nSPS) is 15.3. The summed E-state index contributed by atoms with van der Waals surface area (Å²) in [5, 5.41) is 4.93. The van der Waals surface area contributed by atoms with Gasteiger partial charge in [-0.2, -0.15) is 0 Å². The molecule has 2 aromatic rings. The lowest BCUT2D eigenvalue weighted by molar-refractivity contribution is 0.308. The smallest absolute Gasteiger partial charge is 0.0740 e. The Balaban J connectivity index is 2.17. The fourth-order valence-electron chi connectivity index (χ4n) is 3.36. The van der Waals surface area contributed by atoms with Crippen LogP contribution in [0.1, 0.15) is 41.3 Å². The van der Waals surface area contributed by atoms with E-state index in [9.17, 15) is 0 Å². The first-order chi connectivity index (χ1) is 10.6. The van der Waals surface area contributed by atoms with E-state index in [2.05, 4.69) is 50.2 Å². The van der Waals surface area contributed by atoms with Crippen molar-refractivity contribution in [2.45, 2.75) is 46.7 Å². The summed E-state index contributed by atoms with van der Waals surface area (Å²) in [4.78, 5) is 7.45. The van der Waals surface area contributed by atoms with Crippen LogP contribution in [-0.2, 0) is 19.5 Å². The second kappa shape index (κ2) is 6.35. The standard InChI is InChI=1S/C19H27N3/c1-5-9-20-11-16-15-7-6-13(2)14(3)19(15)21-18-8-10-22(4)12-17(16)18/h6-7,20H,5,8-12H2,1-4H3. The maximum atomic E-state index is 5.05. The van der Waals surface area contributed by atoms with E-state index in [1.807, 2.05) is 0 Å². The molecule has 1 N–H and O–H groups in total. The highest BCUT2D eigenvalue weighted by molar-refractivity contribution is 5.87. The van der Waals surface area contributed by atoms with E-state index in [0.29, 0.717) is 0 Å². The molecular formula is C19H27N3. The number of likely N-dealkylation sites (N-methyl/N-ethyl adjacent to an activating group) is 1. The van der Waals surface area contributed by atoms with Gasteiger partial charge in [-0.1, -0.05) is 19.1 Å². The molecule has 0 aliphatic carbocycles. The van der Waals surface area contributed by atoms with Crippen LogP contribution in [0.2, 0.25) is 0 Å². The zero-order chi connectivity index (χ0) is 15.7. The van der Waals surface area contributed by atoms with Crippen LogP contribution < -0.4 is 5.32 Å². The number of fused-ring (bicyclic) bond motifs is 2. The highest BCUT2D eigenvalue weighted by atomic mass is 15.1. The van der Waals surface area contributed by atoms with Crippen molar-refractivity contribution in [3.05, 3.63) is 40.1 Å². The zero-order valence-corrected chi connectivity index (χ0v) is 14.3. The first-order valence-corrected chi connectivity index (χ1v) is 8.41. The molecule has 0 atom stereocenters. The van der Waals surface area contributed by atoms with E-state index in [1.165, 1.54) is 45.3 Å². The van der Waals surface area contributed by atoms with Crippen LogP contribution in [0.25, 0.3) is 10.9 Å². The van der Waals surface area contributed by atoms with Crippen molar-refractivity contribution in [1.82, 2.24) is 15.2 Å². The lowest BCUT2D eigenvalue weighted by atomic mass is 9.93. The maximum Gasteiger partial charge on any atom is 0.0740 e. The van der Waals surface area contributed by atoms with E-state index in [1.54, 1.807) is 0 Å². The van der Waals surface area contributed by atoms with Crippen molar-refractivity contribution in [3.8, 4) is 0 Å². The lowest BCUT2D eigenvalue weighted by Crippen LogP contribution is -2.29. The predicted molar refractivity (Wildman–Crippen MR) is 93.3 cm³/mol. The van der Waals surface area contributed by atoms with Crippen molar-refractivity contribution in [3.63, 3.8) is 0 Å². The Kier molecular flexibility index (Phi) is 4.46. The van der Waals surface area contributed by atoms with Crippen LogP contribution in [0.5, 0.6) is 0 Å². The number of aryl methyl sites for hydroxylation is 2. The summed E-state index contributed by atoms with van der Waals surface area (Å²) in [5.74, 6) is 0. The van der Waals surface area contributed by atoms with Gasteiger partial charge in [0.25, 0.3) is 0 Å². The van der Waals surface area contributed by atoms with Gasteiger partial charge in [0.1, 0.15) is 0 Å². The number of hydrogen-bond acceptors (Lipinski definition) is 3. The number of nitrogens with zero attached hydrogens (tertiary/aromatic N) is 2. The Morgan fingerprint density at radius 3 is 2.86 bits per heavy atom. The molecule has 118 valence electrons. The van der Waals surface area contributed by atoms with Gasteiger partial charge in [-0.15, -0.1) is 0 Å². The minimum absolute atomic E-state index is 0.950. The molecular weight excluding hydrogens is 270 g/mol. The molecule has 1 aromatic carbocycles. The molecule has 0 saturated heterocycles. The van der Waals surface area contributed by atoms with Gasteiger partial charge in [0.05, 0.1) is 5.52 Å². The van der Waals surface area contributed by atoms with E-state index in [0.717, 1.165) is 32.6 Å². The van der Waals surface area contributed by atoms with Crippen LogP contribution in [0.3, 0.4) is 0 Å². The number of hydrogen-bond donors (Lipinski definition) is 1. The Hall–Kier alpha value is -1.45. The SMILES string of the molecule is CCCNCc1c2c(nc3c(C)c(C)ccc13)CCN(C)C2. The molecule has 1 aliphatic rings. The average molecular weight is 297 g/mol.